The average molecular weight is 289 g/mol. The van der Waals surface area contributed by atoms with Gasteiger partial charge in [0.05, 0.1) is 5.69 Å². The Balaban J connectivity index is 2.28. The minimum Gasteiger partial charge on any atom is -0.508 e. The van der Waals surface area contributed by atoms with Crippen LogP contribution in [0, 0.1) is 0 Å². The first kappa shape index (κ1) is 10.4. The summed E-state index contributed by atoms with van der Waals surface area (Å²) in [6.45, 7) is 0. The maximum atomic E-state index is 9.49. The molecule has 4 heteroatoms. The molecule has 0 bridgehead atoms. The van der Waals surface area contributed by atoms with Gasteiger partial charge in [-0.2, -0.15) is 5.10 Å². The molecule has 3 aromatic rings. The zero-order valence-electron chi connectivity index (χ0n) is 8.81. The van der Waals surface area contributed by atoms with Crippen molar-refractivity contribution in [1.82, 2.24) is 10.2 Å². The zero-order valence-corrected chi connectivity index (χ0v) is 10.4. The van der Waals surface area contributed by atoms with Crippen LogP contribution >= 0.6 is 15.9 Å². The molecule has 0 saturated heterocycles. The molecular formula is C13H9BrN2O. The predicted octanol–water partition coefficient (Wildman–Crippen LogP) is 3.70. The highest BCUT2D eigenvalue weighted by Gasteiger charge is 2.09. The quantitative estimate of drug-likeness (QED) is 0.717. The number of H-pyrrole nitrogens is 1. The Hall–Kier alpha value is -1.81. The Kier molecular flexibility index (Phi) is 2.37. The van der Waals surface area contributed by atoms with Crippen LogP contribution in [0.25, 0.3) is 22.2 Å². The van der Waals surface area contributed by atoms with Crippen LogP contribution in [0.1, 0.15) is 0 Å². The van der Waals surface area contributed by atoms with Crippen LogP contribution in [0.5, 0.6) is 5.75 Å². The summed E-state index contributed by atoms with van der Waals surface area (Å²) in [5.74, 6) is 0.250. The number of aromatic amines is 1. The summed E-state index contributed by atoms with van der Waals surface area (Å²) in [4.78, 5) is 0. The van der Waals surface area contributed by atoms with Crippen molar-refractivity contribution in [1.29, 1.82) is 0 Å². The minimum absolute atomic E-state index is 0.250. The summed E-state index contributed by atoms with van der Waals surface area (Å²) in [5, 5.41) is 17.8. The van der Waals surface area contributed by atoms with Crippen LogP contribution in [-0.2, 0) is 0 Å². The summed E-state index contributed by atoms with van der Waals surface area (Å²) >= 11 is 3.47. The standard InChI is InChI=1S/C13H9BrN2O/c14-11-6-2-5-10-12(15-16-13(10)11)8-3-1-4-9(17)7-8/h1-7,17H,(H,15,16). The molecule has 2 aromatic carbocycles. The van der Waals surface area contributed by atoms with Gasteiger partial charge in [-0.05, 0) is 34.1 Å². The fourth-order valence-corrected chi connectivity index (χ4v) is 2.34. The van der Waals surface area contributed by atoms with Gasteiger partial charge in [-0.25, -0.2) is 0 Å². The fourth-order valence-electron chi connectivity index (χ4n) is 1.88. The van der Waals surface area contributed by atoms with E-state index in [1.807, 2.05) is 30.3 Å². The van der Waals surface area contributed by atoms with E-state index in [-0.39, 0.29) is 5.75 Å². The Morgan fingerprint density at radius 3 is 2.76 bits per heavy atom. The lowest BCUT2D eigenvalue weighted by molar-refractivity contribution is 0.475. The van der Waals surface area contributed by atoms with Gasteiger partial charge in [-0.1, -0.05) is 24.3 Å². The number of fused-ring (bicyclic) bond motifs is 1. The van der Waals surface area contributed by atoms with Crippen molar-refractivity contribution in [3.63, 3.8) is 0 Å². The highest BCUT2D eigenvalue weighted by Crippen LogP contribution is 2.31. The predicted molar refractivity (Wildman–Crippen MR) is 70.9 cm³/mol. The van der Waals surface area contributed by atoms with Gasteiger partial charge in [0.25, 0.3) is 0 Å². The van der Waals surface area contributed by atoms with Crippen LogP contribution in [0.3, 0.4) is 0 Å². The van der Waals surface area contributed by atoms with Crippen molar-refractivity contribution in [3.05, 3.63) is 46.9 Å². The second-order valence-electron chi connectivity index (χ2n) is 3.78. The number of phenols is 1. The number of nitrogens with one attached hydrogen (secondary N) is 1. The zero-order chi connectivity index (χ0) is 11.8. The summed E-state index contributed by atoms with van der Waals surface area (Å²) in [5.41, 5.74) is 2.73. The third kappa shape index (κ3) is 1.70. The number of para-hydroxylation sites is 1. The third-order valence-electron chi connectivity index (χ3n) is 2.67. The lowest BCUT2D eigenvalue weighted by Gasteiger charge is -1.99. The van der Waals surface area contributed by atoms with E-state index in [1.165, 1.54) is 0 Å². The van der Waals surface area contributed by atoms with Crippen LogP contribution in [0.15, 0.2) is 46.9 Å². The van der Waals surface area contributed by atoms with E-state index in [2.05, 4.69) is 26.1 Å². The number of halogens is 1. The lowest BCUT2D eigenvalue weighted by atomic mass is 10.1. The van der Waals surface area contributed by atoms with E-state index in [9.17, 15) is 5.11 Å². The Morgan fingerprint density at radius 1 is 1.12 bits per heavy atom. The first-order chi connectivity index (χ1) is 8.25. The molecule has 0 fully saturated rings. The van der Waals surface area contributed by atoms with Gasteiger partial charge in [0.1, 0.15) is 11.3 Å². The van der Waals surface area contributed by atoms with Gasteiger partial charge in [0.15, 0.2) is 0 Å². The molecule has 3 nitrogen and oxygen atoms in total. The number of nitrogens with zero attached hydrogens (tertiary/aromatic N) is 1. The van der Waals surface area contributed by atoms with Crippen LogP contribution in [-0.4, -0.2) is 15.3 Å². The summed E-state index contributed by atoms with van der Waals surface area (Å²) in [6, 6.07) is 13.0. The molecule has 84 valence electrons. The number of benzene rings is 2. The molecular weight excluding hydrogens is 280 g/mol. The first-order valence-corrected chi connectivity index (χ1v) is 5.97. The van der Waals surface area contributed by atoms with Crippen molar-refractivity contribution in [2.45, 2.75) is 0 Å². The minimum atomic E-state index is 0.250. The highest BCUT2D eigenvalue weighted by atomic mass is 79.9. The molecule has 0 radical (unpaired) electrons. The number of aromatic hydroxyl groups is 1. The molecule has 0 aliphatic carbocycles. The number of hydrogen-bond acceptors (Lipinski definition) is 2. The normalized spacial score (nSPS) is 10.9. The smallest absolute Gasteiger partial charge is 0.116 e. The second kappa shape index (κ2) is 3.89. The number of aromatic nitrogens is 2. The molecule has 1 heterocycles. The van der Waals surface area contributed by atoms with Crippen LogP contribution in [0.4, 0.5) is 0 Å². The lowest BCUT2D eigenvalue weighted by Crippen LogP contribution is -1.78. The maximum absolute atomic E-state index is 9.49. The summed E-state index contributed by atoms with van der Waals surface area (Å²) in [7, 11) is 0. The van der Waals surface area contributed by atoms with Crippen LogP contribution < -0.4 is 0 Å². The molecule has 0 aliphatic heterocycles. The van der Waals surface area contributed by atoms with Crippen molar-refractivity contribution in [2.75, 3.05) is 0 Å². The summed E-state index contributed by atoms with van der Waals surface area (Å²) < 4.78 is 0.956. The van der Waals surface area contributed by atoms with Gasteiger partial charge in [-0.15, -0.1) is 0 Å². The Bertz CT molecular complexity index is 691. The van der Waals surface area contributed by atoms with Gasteiger partial charge in [0.2, 0.25) is 0 Å². The van der Waals surface area contributed by atoms with Crippen LogP contribution in [0.2, 0.25) is 0 Å². The number of hydrogen-bond donors (Lipinski definition) is 2. The molecule has 1 aromatic heterocycles. The van der Waals surface area contributed by atoms with Gasteiger partial charge in [0, 0.05) is 15.4 Å². The molecule has 3 rings (SSSR count). The molecule has 0 spiro atoms. The first-order valence-electron chi connectivity index (χ1n) is 5.18. The molecule has 0 unspecified atom stereocenters. The van der Waals surface area contributed by atoms with E-state index in [0.717, 1.165) is 26.6 Å². The monoisotopic (exact) mass is 288 g/mol. The van der Waals surface area contributed by atoms with E-state index in [0.29, 0.717) is 0 Å². The number of rotatable bonds is 1. The van der Waals surface area contributed by atoms with E-state index in [4.69, 9.17) is 0 Å². The average Bonchev–Trinajstić information content (AvgIpc) is 2.74. The SMILES string of the molecule is Oc1cccc(-c2[nH]nc3c(Br)cccc23)c1. The van der Waals surface area contributed by atoms with E-state index < -0.39 is 0 Å². The summed E-state index contributed by atoms with van der Waals surface area (Å²) in [6.07, 6.45) is 0. The molecule has 0 atom stereocenters. The van der Waals surface area contributed by atoms with Crippen molar-refractivity contribution in [2.24, 2.45) is 0 Å². The van der Waals surface area contributed by atoms with Crippen molar-refractivity contribution < 1.29 is 5.11 Å². The molecule has 17 heavy (non-hydrogen) atoms. The fraction of sp³-hybridized carbons (Fsp3) is 0. The van der Waals surface area contributed by atoms with Crippen molar-refractivity contribution in [3.8, 4) is 17.0 Å². The molecule has 0 amide bonds. The van der Waals surface area contributed by atoms with Gasteiger partial charge >= 0.3 is 0 Å². The van der Waals surface area contributed by atoms with Gasteiger partial charge in [-0.3, -0.25) is 5.10 Å². The second-order valence-corrected chi connectivity index (χ2v) is 4.64. The van der Waals surface area contributed by atoms with Crippen molar-refractivity contribution >= 4 is 26.8 Å². The molecule has 0 aliphatic rings. The van der Waals surface area contributed by atoms with E-state index >= 15 is 0 Å². The Morgan fingerprint density at radius 2 is 1.94 bits per heavy atom. The van der Waals surface area contributed by atoms with E-state index in [1.54, 1.807) is 12.1 Å². The third-order valence-corrected chi connectivity index (χ3v) is 3.31. The largest absolute Gasteiger partial charge is 0.508 e. The molecule has 0 saturated carbocycles. The molecule has 2 N–H and O–H groups in total. The number of phenolic OH excluding ortho intramolecular Hbond substituents is 1. The topological polar surface area (TPSA) is 48.9 Å². The maximum Gasteiger partial charge on any atom is 0.116 e. The highest BCUT2D eigenvalue weighted by molar-refractivity contribution is 9.10. The Labute approximate surface area is 106 Å². The van der Waals surface area contributed by atoms with Gasteiger partial charge < -0.3 is 5.11 Å².